The number of aliphatic hydroxyl groups is 1. The van der Waals surface area contributed by atoms with Crippen molar-refractivity contribution in [2.45, 2.75) is 5.60 Å². The van der Waals surface area contributed by atoms with Crippen molar-refractivity contribution in [2.24, 2.45) is 0 Å². The number of benzene rings is 2. The van der Waals surface area contributed by atoms with Gasteiger partial charge in [-0.3, -0.25) is 4.79 Å². The third-order valence-electron chi connectivity index (χ3n) is 3.93. The van der Waals surface area contributed by atoms with E-state index in [2.05, 4.69) is 10.3 Å². The minimum atomic E-state index is -1.82. The van der Waals surface area contributed by atoms with Crippen LogP contribution in [-0.2, 0) is 10.4 Å². The number of para-hydroxylation sites is 1. The van der Waals surface area contributed by atoms with Crippen LogP contribution >= 0.6 is 0 Å². The molecule has 2 heterocycles. The molecule has 0 fully saturated rings. The second kappa shape index (κ2) is 3.93. The van der Waals surface area contributed by atoms with E-state index in [4.69, 9.17) is 0 Å². The molecule has 3 aromatic rings. The highest BCUT2D eigenvalue weighted by Crippen LogP contribution is 2.43. The van der Waals surface area contributed by atoms with Crippen LogP contribution in [0.4, 0.5) is 10.1 Å². The van der Waals surface area contributed by atoms with Gasteiger partial charge < -0.3 is 15.4 Å². The van der Waals surface area contributed by atoms with Gasteiger partial charge in [0.2, 0.25) is 0 Å². The second-order valence-corrected chi connectivity index (χ2v) is 5.10. The highest BCUT2D eigenvalue weighted by molar-refractivity contribution is 6.09. The third kappa shape index (κ3) is 1.49. The van der Waals surface area contributed by atoms with E-state index in [1.54, 1.807) is 36.5 Å². The van der Waals surface area contributed by atoms with E-state index in [1.165, 1.54) is 12.1 Å². The lowest BCUT2D eigenvalue weighted by Gasteiger charge is -2.20. The predicted octanol–water partition coefficient (Wildman–Crippen LogP) is 2.50. The zero-order valence-electron chi connectivity index (χ0n) is 10.9. The van der Waals surface area contributed by atoms with Gasteiger partial charge in [0, 0.05) is 33.9 Å². The van der Waals surface area contributed by atoms with E-state index < -0.39 is 17.3 Å². The molecule has 0 spiro atoms. The van der Waals surface area contributed by atoms with E-state index >= 15 is 0 Å². The van der Waals surface area contributed by atoms with E-state index in [9.17, 15) is 14.3 Å². The van der Waals surface area contributed by atoms with Crippen molar-refractivity contribution in [3.63, 3.8) is 0 Å². The first-order chi connectivity index (χ1) is 10.1. The molecule has 0 saturated carbocycles. The van der Waals surface area contributed by atoms with Crippen molar-refractivity contribution in [1.29, 1.82) is 0 Å². The van der Waals surface area contributed by atoms with Gasteiger partial charge in [0.15, 0.2) is 5.60 Å². The summed E-state index contributed by atoms with van der Waals surface area (Å²) >= 11 is 0. The smallest absolute Gasteiger partial charge is 0.265 e. The van der Waals surface area contributed by atoms with Gasteiger partial charge in [-0.1, -0.05) is 18.2 Å². The Labute approximate surface area is 119 Å². The summed E-state index contributed by atoms with van der Waals surface area (Å²) in [6, 6.07) is 11.2. The summed E-state index contributed by atoms with van der Waals surface area (Å²) in [5.41, 5.74) is 0.232. The van der Waals surface area contributed by atoms with Crippen LogP contribution in [0.1, 0.15) is 11.1 Å². The minimum Gasteiger partial charge on any atom is -0.372 e. The molecule has 5 heteroatoms. The van der Waals surface area contributed by atoms with Crippen LogP contribution in [0.5, 0.6) is 0 Å². The largest absolute Gasteiger partial charge is 0.372 e. The molecule has 4 nitrogen and oxygen atoms in total. The van der Waals surface area contributed by atoms with Gasteiger partial charge >= 0.3 is 0 Å². The molecule has 2 aromatic carbocycles. The van der Waals surface area contributed by atoms with Gasteiger partial charge in [0.05, 0.1) is 0 Å². The van der Waals surface area contributed by atoms with E-state index in [0.29, 0.717) is 27.7 Å². The molecule has 0 radical (unpaired) electrons. The number of halogens is 1. The fourth-order valence-electron chi connectivity index (χ4n) is 2.90. The summed E-state index contributed by atoms with van der Waals surface area (Å²) in [5.74, 6) is -0.951. The molecule has 4 rings (SSSR count). The summed E-state index contributed by atoms with van der Waals surface area (Å²) in [6.45, 7) is 0. The van der Waals surface area contributed by atoms with Gasteiger partial charge in [-0.05, 0) is 24.3 Å². The molecule has 21 heavy (non-hydrogen) atoms. The number of rotatable bonds is 1. The lowest BCUT2D eigenvalue weighted by Crippen LogP contribution is -2.35. The summed E-state index contributed by atoms with van der Waals surface area (Å²) in [7, 11) is 0. The fraction of sp³-hybridized carbons (Fsp3) is 0.0625. The Morgan fingerprint density at radius 1 is 1.10 bits per heavy atom. The summed E-state index contributed by atoms with van der Waals surface area (Å²) in [5, 5.41) is 14.2. The Hall–Kier alpha value is -2.66. The number of anilines is 1. The zero-order valence-corrected chi connectivity index (χ0v) is 10.9. The molecule has 0 aliphatic carbocycles. The van der Waals surface area contributed by atoms with Crippen molar-refractivity contribution in [3.05, 3.63) is 65.6 Å². The summed E-state index contributed by atoms with van der Waals surface area (Å²) < 4.78 is 13.5. The normalized spacial score (nSPS) is 20.6. The Kier molecular flexibility index (Phi) is 2.26. The number of hydrogen-bond acceptors (Lipinski definition) is 2. The molecule has 1 aliphatic heterocycles. The van der Waals surface area contributed by atoms with Gasteiger partial charge in [-0.15, -0.1) is 0 Å². The molecule has 3 N–H and O–H groups in total. The van der Waals surface area contributed by atoms with Crippen LogP contribution in [-0.4, -0.2) is 16.0 Å². The summed E-state index contributed by atoms with van der Waals surface area (Å²) in [6.07, 6.45) is 1.55. The third-order valence-corrected chi connectivity index (χ3v) is 3.93. The van der Waals surface area contributed by atoms with Crippen molar-refractivity contribution in [3.8, 4) is 0 Å². The molecule has 1 aromatic heterocycles. The molecule has 0 saturated heterocycles. The monoisotopic (exact) mass is 282 g/mol. The second-order valence-electron chi connectivity index (χ2n) is 5.10. The Morgan fingerprint density at radius 2 is 1.90 bits per heavy atom. The quantitative estimate of drug-likeness (QED) is 0.642. The van der Waals surface area contributed by atoms with Crippen LogP contribution in [0, 0.1) is 5.82 Å². The molecule has 1 aliphatic rings. The zero-order chi connectivity index (χ0) is 14.6. The molecular formula is C16H11FN2O2. The van der Waals surface area contributed by atoms with Crippen LogP contribution in [0.15, 0.2) is 48.7 Å². The van der Waals surface area contributed by atoms with Gasteiger partial charge in [-0.2, -0.15) is 0 Å². The first kappa shape index (κ1) is 12.1. The van der Waals surface area contributed by atoms with E-state index in [1.807, 2.05) is 0 Å². The maximum atomic E-state index is 13.5. The van der Waals surface area contributed by atoms with Crippen molar-refractivity contribution in [1.82, 2.24) is 4.98 Å². The average molecular weight is 282 g/mol. The molecule has 1 amide bonds. The maximum absolute atomic E-state index is 13.5. The van der Waals surface area contributed by atoms with Crippen LogP contribution in [0.3, 0.4) is 0 Å². The molecule has 0 bridgehead atoms. The van der Waals surface area contributed by atoms with E-state index in [0.717, 1.165) is 0 Å². The van der Waals surface area contributed by atoms with E-state index in [-0.39, 0.29) is 0 Å². The lowest BCUT2D eigenvalue weighted by molar-refractivity contribution is -0.129. The number of aromatic amines is 1. The number of aromatic nitrogens is 1. The van der Waals surface area contributed by atoms with Crippen LogP contribution in [0.2, 0.25) is 0 Å². The van der Waals surface area contributed by atoms with Crippen LogP contribution in [0.25, 0.3) is 10.9 Å². The predicted molar refractivity (Wildman–Crippen MR) is 76.3 cm³/mol. The molecular weight excluding hydrogens is 271 g/mol. The number of nitrogens with one attached hydrogen (secondary N) is 2. The number of carbonyl (C=O) groups is 1. The topological polar surface area (TPSA) is 65.1 Å². The van der Waals surface area contributed by atoms with Gasteiger partial charge in [0.1, 0.15) is 5.82 Å². The van der Waals surface area contributed by atoms with Crippen molar-refractivity contribution in [2.75, 3.05) is 5.32 Å². The van der Waals surface area contributed by atoms with Gasteiger partial charge in [0.25, 0.3) is 5.91 Å². The molecule has 1 unspecified atom stereocenters. The molecule has 104 valence electrons. The highest BCUT2D eigenvalue weighted by Gasteiger charge is 2.47. The number of hydrogen-bond donors (Lipinski definition) is 3. The minimum absolute atomic E-state index is 0.347. The molecule has 1 atom stereocenters. The van der Waals surface area contributed by atoms with Crippen LogP contribution < -0.4 is 5.32 Å². The highest BCUT2D eigenvalue weighted by atomic mass is 19.1. The summed E-state index contributed by atoms with van der Waals surface area (Å²) in [4.78, 5) is 15.3. The fourth-order valence-corrected chi connectivity index (χ4v) is 2.90. The van der Waals surface area contributed by atoms with Crippen molar-refractivity contribution >= 4 is 22.5 Å². The van der Waals surface area contributed by atoms with Crippen molar-refractivity contribution < 1.29 is 14.3 Å². The first-order valence-corrected chi connectivity index (χ1v) is 6.51. The lowest BCUT2D eigenvalue weighted by atomic mass is 9.87. The van der Waals surface area contributed by atoms with Gasteiger partial charge in [-0.25, -0.2) is 4.39 Å². The number of carbonyl (C=O) groups excluding carboxylic acids is 1. The Bertz CT molecular complexity index is 887. The maximum Gasteiger partial charge on any atom is 0.265 e. The number of amides is 1. The average Bonchev–Trinajstić information content (AvgIpc) is 3.00. The number of fused-ring (bicyclic) bond motifs is 2. The SMILES string of the molecule is O=C1Nc2ccccc2C1(O)c1c[nH]c2ccc(F)cc12. The Balaban J connectivity index is 2.03. The standard InChI is InChI=1S/C16H11FN2O2/c17-9-5-6-13-10(7-9)12(8-18-13)16(21)11-3-1-2-4-14(11)19-15(16)20/h1-8,18,21H,(H,19,20). The Morgan fingerprint density at radius 3 is 2.76 bits per heavy atom. The number of H-pyrrole nitrogens is 1. The first-order valence-electron chi connectivity index (χ1n) is 6.51.